The zero-order valence-corrected chi connectivity index (χ0v) is 66.5. The summed E-state index contributed by atoms with van der Waals surface area (Å²) in [6, 6.07) is -2.84. The van der Waals surface area contributed by atoms with Crippen LogP contribution in [0.2, 0.25) is 5.02 Å². The molecular weight excluding hydrogens is 1410 g/mol. The molecule has 1 aromatic carbocycles. The van der Waals surface area contributed by atoms with Crippen LogP contribution in [0.3, 0.4) is 0 Å². The van der Waals surface area contributed by atoms with Crippen LogP contribution in [0, 0.1) is 23.7 Å². The highest BCUT2D eigenvalue weighted by atomic mass is 35.5. The van der Waals surface area contributed by atoms with E-state index in [1.165, 1.54) is 89.7 Å². The number of benzene rings is 1. The number of primary amides is 1. The summed E-state index contributed by atoms with van der Waals surface area (Å²) < 4.78 is 42.1. The Kier molecular flexibility index (Phi) is 34.5. The van der Waals surface area contributed by atoms with Gasteiger partial charge in [-0.1, -0.05) is 116 Å². The van der Waals surface area contributed by atoms with Crippen LogP contribution < -0.4 is 16.4 Å². The van der Waals surface area contributed by atoms with E-state index in [-0.39, 0.29) is 94.2 Å². The summed E-state index contributed by atoms with van der Waals surface area (Å²) in [6.45, 7) is 9.43. The van der Waals surface area contributed by atoms with Crippen molar-refractivity contribution < 1.29 is 70.7 Å². The Labute approximate surface area is 637 Å². The van der Waals surface area contributed by atoms with Crippen molar-refractivity contribution in [3.05, 3.63) is 34.3 Å². The third kappa shape index (κ3) is 25.7. The van der Waals surface area contributed by atoms with Crippen LogP contribution in [0.4, 0.5) is 13.2 Å². The Balaban J connectivity index is 1.30. The lowest BCUT2D eigenvalue weighted by Crippen LogP contribution is -2.64. The van der Waals surface area contributed by atoms with Gasteiger partial charge < -0.3 is 65.4 Å². The first kappa shape index (κ1) is 88.8. The van der Waals surface area contributed by atoms with Crippen molar-refractivity contribution in [1.82, 2.24) is 64.5 Å². The number of piperazine rings is 1. The highest BCUT2D eigenvalue weighted by Crippen LogP contribution is 2.38. The standard InChI is InChI=1S/C77H124ClF3N14O12/c1-13-53(4)44-65(98)86(6)50-67(100)87(7)51-68(101)90(10)61(46-54-25-17-14-18-26-54)72(104)88(8)48-63(96)83-59(32-30-55-29-31-57(58(78)45-55)77(79,80)81)71(103)95(42-41-93-39-37-85(5)38-40-93)49-64(97)84-76(33-21-22-34-76)75(107)92(12)69(56-27-19-15-20-28-56)74(106)91(11)62(73(105)94-35-23-16-24-36-94)47-66(99)89(9)60(70(82)102)43-52(2)3/h29,31,45,52-54,56,59-62,69H,13-28,30,32-44,46-51H2,1-12H3,(H2,82,102)(H,83,96)(H,84,97)/t53-,59+,60-,61+,62-,69-/m0/s1. The van der Waals surface area contributed by atoms with Crippen molar-refractivity contribution in [1.29, 1.82) is 0 Å². The Morgan fingerprint density at radius 2 is 1.20 bits per heavy atom. The quantitative estimate of drug-likeness (QED) is 0.0707. The smallest absolute Gasteiger partial charge is 0.368 e. The molecule has 0 aromatic heterocycles. The minimum Gasteiger partial charge on any atom is -0.368 e. The number of amides is 12. The molecule has 26 nitrogen and oxygen atoms in total. The van der Waals surface area contributed by atoms with Gasteiger partial charge in [0.25, 0.3) is 0 Å². The fraction of sp³-hybridized carbons (Fsp3) is 0.766. The summed E-state index contributed by atoms with van der Waals surface area (Å²) in [4.78, 5) is 190. The number of aryl methyl sites for hydroxylation is 1. The highest BCUT2D eigenvalue weighted by Gasteiger charge is 2.50. The Bertz CT molecular complexity index is 3210. The number of hydrogen-bond donors (Lipinski definition) is 3. The molecule has 0 unspecified atom stereocenters. The molecule has 5 aliphatic rings. The van der Waals surface area contributed by atoms with Crippen molar-refractivity contribution in [2.45, 2.75) is 224 Å². The molecule has 4 N–H and O–H groups in total. The fourth-order valence-electron chi connectivity index (χ4n) is 15.8. The summed E-state index contributed by atoms with van der Waals surface area (Å²) >= 11 is 6.23. The minimum atomic E-state index is -4.77. The average molecular weight is 1530 g/mol. The van der Waals surface area contributed by atoms with Crippen LogP contribution in [0.5, 0.6) is 0 Å². The van der Waals surface area contributed by atoms with Crippen molar-refractivity contribution in [2.75, 3.05) is 135 Å². The molecule has 5 fully saturated rings. The Hall–Kier alpha value is -7.14. The van der Waals surface area contributed by atoms with Crippen LogP contribution >= 0.6 is 11.6 Å². The van der Waals surface area contributed by atoms with Gasteiger partial charge in [0.15, 0.2) is 0 Å². The SMILES string of the molecule is CC[C@H](C)CC(=O)N(C)CC(=O)N(C)CC(=O)N(C)[C@H](CC1CCCCC1)C(=O)N(C)CC(=O)N[C@H](CCc1ccc(C(F)(F)F)c(Cl)c1)C(=O)N(CCN1CCN(C)CC1)CC(=O)NC1(C(=O)N(C)[C@H](C(=O)N(C)[C@@H](CC(=O)N(C)[C@@H](CC(C)C)C(N)=O)C(=O)N2CCCCC2)C2CCCCC2)CCCC1. The molecule has 6 rings (SSSR count). The van der Waals surface area contributed by atoms with E-state index in [4.69, 9.17) is 17.3 Å². The summed E-state index contributed by atoms with van der Waals surface area (Å²) in [5.74, 6) is -7.25. The van der Waals surface area contributed by atoms with E-state index in [1.807, 2.05) is 34.7 Å². The number of likely N-dealkylation sites (tertiary alicyclic amines) is 1. The number of nitrogens with two attached hydrogens (primary N) is 1. The third-order valence-electron chi connectivity index (χ3n) is 23.0. The van der Waals surface area contributed by atoms with Gasteiger partial charge >= 0.3 is 6.18 Å². The molecule has 0 spiro atoms. The van der Waals surface area contributed by atoms with Gasteiger partial charge in [0.05, 0.1) is 43.2 Å². The molecule has 602 valence electrons. The van der Waals surface area contributed by atoms with E-state index >= 15 is 19.2 Å². The molecule has 3 saturated carbocycles. The van der Waals surface area contributed by atoms with E-state index in [2.05, 4.69) is 20.4 Å². The lowest BCUT2D eigenvalue weighted by Gasteiger charge is -2.43. The van der Waals surface area contributed by atoms with Crippen LogP contribution in [-0.4, -0.2) is 295 Å². The molecule has 107 heavy (non-hydrogen) atoms. The Morgan fingerprint density at radius 3 is 1.78 bits per heavy atom. The zero-order valence-electron chi connectivity index (χ0n) is 65.8. The highest BCUT2D eigenvalue weighted by molar-refractivity contribution is 6.31. The van der Waals surface area contributed by atoms with Crippen LogP contribution in [0.15, 0.2) is 18.2 Å². The largest absolute Gasteiger partial charge is 0.417 e. The number of halogens is 4. The number of carbonyl (C=O) groups is 12. The number of piperidine rings is 1. The number of alkyl halides is 3. The van der Waals surface area contributed by atoms with E-state index in [0.717, 1.165) is 94.1 Å². The molecule has 0 bridgehead atoms. The second-order valence-electron chi connectivity index (χ2n) is 31.8. The summed E-state index contributed by atoms with van der Waals surface area (Å²) in [5.41, 5.74) is 3.46. The predicted octanol–water partition coefficient (Wildman–Crippen LogP) is 5.89. The van der Waals surface area contributed by atoms with Gasteiger partial charge in [-0.2, -0.15) is 13.2 Å². The summed E-state index contributed by atoms with van der Waals surface area (Å²) in [7, 11) is 12.3. The van der Waals surface area contributed by atoms with Crippen molar-refractivity contribution in [2.24, 2.45) is 29.4 Å². The second-order valence-corrected chi connectivity index (χ2v) is 32.2. The van der Waals surface area contributed by atoms with Crippen LogP contribution in [0.25, 0.3) is 0 Å². The third-order valence-corrected chi connectivity index (χ3v) is 23.3. The van der Waals surface area contributed by atoms with E-state index in [1.54, 1.807) is 4.90 Å². The number of nitrogens with one attached hydrogen (secondary N) is 2. The molecule has 2 heterocycles. The number of rotatable bonds is 36. The first-order valence-corrected chi connectivity index (χ1v) is 39.4. The van der Waals surface area contributed by atoms with Gasteiger partial charge in [-0.05, 0) is 119 Å². The maximum Gasteiger partial charge on any atom is 0.417 e. The maximum atomic E-state index is 15.8. The van der Waals surface area contributed by atoms with Gasteiger partial charge in [0, 0.05) is 108 Å². The molecule has 2 saturated heterocycles. The zero-order chi connectivity index (χ0) is 79.2. The second kappa shape index (κ2) is 41.6. The Morgan fingerprint density at radius 1 is 0.617 bits per heavy atom. The first-order chi connectivity index (χ1) is 50.5. The van der Waals surface area contributed by atoms with E-state index in [0.29, 0.717) is 70.5 Å². The first-order valence-electron chi connectivity index (χ1n) is 39.0. The fourth-order valence-corrected chi connectivity index (χ4v) is 16.1. The average Bonchev–Trinajstić information content (AvgIpc) is 1.76. The lowest BCUT2D eigenvalue weighted by molar-refractivity contribution is -0.157. The van der Waals surface area contributed by atoms with E-state index < -0.39 is 144 Å². The van der Waals surface area contributed by atoms with Crippen molar-refractivity contribution in [3.63, 3.8) is 0 Å². The van der Waals surface area contributed by atoms with Gasteiger partial charge in [-0.3, -0.25) is 62.4 Å². The molecular formula is C77H124ClF3N14O12. The molecule has 1 aromatic rings. The predicted molar refractivity (Wildman–Crippen MR) is 401 cm³/mol. The van der Waals surface area contributed by atoms with Crippen LogP contribution in [0.1, 0.15) is 187 Å². The maximum absolute atomic E-state index is 15.8. The number of likely N-dealkylation sites (N-methyl/N-ethyl adjacent to an activating group) is 8. The van der Waals surface area contributed by atoms with Crippen molar-refractivity contribution in [3.8, 4) is 0 Å². The van der Waals surface area contributed by atoms with Crippen LogP contribution in [-0.2, 0) is 70.1 Å². The van der Waals surface area contributed by atoms with Gasteiger partial charge in [0.2, 0.25) is 70.9 Å². The normalized spacial score (nSPS) is 18.5. The van der Waals surface area contributed by atoms with Gasteiger partial charge in [0.1, 0.15) is 35.7 Å². The number of carbonyl (C=O) groups excluding carboxylic acids is 12. The summed E-state index contributed by atoms with van der Waals surface area (Å²) in [5, 5.41) is 5.28. The molecule has 30 heteroatoms. The van der Waals surface area contributed by atoms with Crippen molar-refractivity contribution >= 4 is 82.5 Å². The molecule has 3 aliphatic carbocycles. The minimum absolute atomic E-state index is 0.0118. The topological polar surface area (TPSA) is 291 Å². The molecule has 12 amide bonds. The monoisotopic (exact) mass is 1530 g/mol. The number of nitrogens with zero attached hydrogens (tertiary/aromatic N) is 11. The molecule has 6 atom stereocenters. The lowest BCUT2D eigenvalue weighted by atomic mass is 9.81. The van der Waals surface area contributed by atoms with Gasteiger partial charge in [-0.15, -0.1) is 0 Å². The van der Waals surface area contributed by atoms with E-state index in [9.17, 15) is 51.5 Å². The molecule has 2 aliphatic heterocycles. The van der Waals surface area contributed by atoms with Gasteiger partial charge in [-0.25, -0.2) is 0 Å². The molecule has 0 radical (unpaired) electrons. The summed E-state index contributed by atoms with van der Waals surface area (Å²) in [6.07, 6.45) is 7.65. The number of hydrogen-bond acceptors (Lipinski definition) is 14.